The second-order valence-electron chi connectivity index (χ2n) is 11.2. The lowest BCUT2D eigenvalue weighted by atomic mass is 9.86. The van der Waals surface area contributed by atoms with Crippen LogP contribution in [0, 0.1) is 5.41 Å². The molecule has 0 amide bonds. The van der Waals surface area contributed by atoms with E-state index in [1.54, 1.807) is 31.2 Å². The molecule has 41 heavy (non-hydrogen) atoms. The van der Waals surface area contributed by atoms with Crippen LogP contribution < -0.4 is 15.1 Å². The van der Waals surface area contributed by atoms with Gasteiger partial charge in [0.2, 0.25) is 0 Å². The summed E-state index contributed by atoms with van der Waals surface area (Å²) in [5.41, 5.74) is -0.0677. The van der Waals surface area contributed by atoms with E-state index in [0.717, 1.165) is 19.3 Å². The molecule has 1 aromatic heterocycles. The first-order chi connectivity index (χ1) is 19.3. The number of unbranched alkanes of at least 4 members (excludes halogenated alkanes) is 2. The molecular formula is C32H35F3O6. The summed E-state index contributed by atoms with van der Waals surface area (Å²) >= 11 is 0. The van der Waals surface area contributed by atoms with Crippen LogP contribution in [0.4, 0.5) is 13.2 Å². The number of hydrogen-bond acceptors (Lipinski definition) is 6. The van der Waals surface area contributed by atoms with E-state index in [1.165, 1.54) is 18.2 Å². The number of ether oxygens (including phenoxy) is 3. The van der Waals surface area contributed by atoms with Crippen LogP contribution in [0.5, 0.6) is 11.5 Å². The molecule has 9 heteroatoms. The van der Waals surface area contributed by atoms with Crippen molar-refractivity contribution in [2.75, 3.05) is 0 Å². The van der Waals surface area contributed by atoms with Crippen LogP contribution in [0.2, 0.25) is 0 Å². The topological polar surface area (TPSA) is 75.0 Å². The summed E-state index contributed by atoms with van der Waals surface area (Å²) in [7, 11) is 0. The largest absolute Gasteiger partial charge is 0.573 e. The molecule has 0 N–H and O–H groups in total. The van der Waals surface area contributed by atoms with Crippen molar-refractivity contribution >= 4 is 16.9 Å². The minimum atomic E-state index is -4.92. The molecule has 0 spiro atoms. The zero-order valence-corrected chi connectivity index (χ0v) is 23.7. The maximum atomic E-state index is 13.3. The smallest absolute Gasteiger partial charge is 0.490 e. The highest BCUT2D eigenvalue weighted by Gasteiger charge is 2.47. The zero-order valence-electron chi connectivity index (χ0n) is 23.7. The summed E-state index contributed by atoms with van der Waals surface area (Å²) in [5, 5.41) is 0.510. The van der Waals surface area contributed by atoms with Gasteiger partial charge in [-0.1, -0.05) is 52.3 Å². The van der Waals surface area contributed by atoms with Crippen molar-refractivity contribution in [3.8, 4) is 22.6 Å². The van der Waals surface area contributed by atoms with Crippen LogP contribution in [-0.4, -0.2) is 24.5 Å². The number of fused-ring (bicyclic) bond motifs is 1. The van der Waals surface area contributed by atoms with E-state index in [2.05, 4.69) is 11.3 Å². The number of halogens is 3. The Morgan fingerprint density at radius 1 is 1.05 bits per heavy atom. The first kappa shape index (κ1) is 30.2. The highest BCUT2D eigenvalue weighted by molar-refractivity contribution is 5.87. The Kier molecular flexibility index (Phi) is 8.85. The van der Waals surface area contributed by atoms with Gasteiger partial charge in [0.25, 0.3) is 0 Å². The molecule has 0 saturated heterocycles. The lowest BCUT2D eigenvalue weighted by molar-refractivity contribution is -0.274. The normalized spacial score (nSPS) is 18.3. The van der Waals surface area contributed by atoms with Gasteiger partial charge >= 0.3 is 18.0 Å². The molecular weight excluding hydrogens is 537 g/mol. The van der Waals surface area contributed by atoms with Gasteiger partial charge in [-0.05, 0) is 62.4 Å². The lowest BCUT2D eigenvalue weighted by Crippen LogP contribution is -2.38. The Hall–Kier alpha value is -3.75. The molecule has 1 saturated carbocycles. The molecule has 1 heterocycles. The van der Waals surface area contributed by atoms with E-state index in [-0.39, 0.29) is 28.9 Å². The summed E-state index contributed by atoms with van der Waals surface area (Å²) < 4.78 is 61.5. The average Bonchev–Trinajstić information content (AvgIpc) is 3.15. The predicted octanol–water partition coefficient (Wildman–Crippen LogP) is 8.15. The number of alkyl halides is 3. The second kappa shape index (κ2) is 12.0. The fourth-order valence-electron chi connectivity index (χ4n) is 5.16. The zero-order chi connectivity index (χ0) is 29.9. The molecule has 3 aromatic rings. The van der Waals surface area contributed by atoms with Crippen molar-refractivity contribution in [3.63, 3.8) is 0 Å². The Morgan fingerprint density at radius 2 is 1.78 bits per heavy atom. The molecule has 2 aromatic carbocycles. The maximum Gasteiger partial charge on any atom is 0.573 e. The third-order valence-electron chi connectivity index (χ3n) is 7.57. The number of aryl methyl sites for hydroxylation is 1. The molecule has 4 rings (SSSR count). The van der Waals surface area contributed by atoms with Gasteiger partial charge < -0.3 is 18.6 Å². The van der Waals surface area contributed by atoms with Gasteiger partial charge in [0.15, 0.2) is 0 Å². The van der Waals surface area contributed by atoms with Crippen molar-refractivity contribution in [1.82, 2.24) is 0 Å². The maximum absolute atomic E-state index is 13.3. The van der Waals surface area contributed by atoms with E-state index in [1.807, 2.05) is 20.8 Å². The van der Waals surface area contributed by atoms with Crippen LogP contribution in [0.15, 0.2) is 63.8 Å². The first-order valence-corrected chi connectivity index (χ1v) is 13.8. The minimum Gasteiger partial charge on any atom is -0.490 e. The number of benzene rings is 2. The molecule has 1 fully saturated rings. The van der Waals surface area contributed by atoms with Gasteiger partial charge in [0, 0.05) is 28.0 Å². The number of hydrogen-bond donors (Lipinski definition) is 0. The van der Waals surface area contributed by atoms with Gasteiger partial charge in [-0.15, -0.1) is 13.2 Å². The third kappa shape index (κ3) is 7.13. The van der Waals surface area contributed by atoms with Gasteiger partial charge in [-0.2, -0.15) is 0 Å². The van der Waals surface area contributed by atoms with Crippen molar-refractivity contribution in [1.29, 1.82) is 0 Å². The van der Waals surface area contributed by atoms with E-state index in [4.69, 9.17) is 13.9 Å². The summed E-state index contributed by atoms with van der Waals surface area (Å²) in [5.74, 6) is -0.429. The molecule has 1 aliphatic rings. The average molecular weight is 573 g/mol. The van der Waals surface area contributed by atoms with E-state index < -0.39 is 29.1 Å². The van der Waals surface area contributed by atoms with Crippen molar-refractivity contribution in [2.45, 2.75) is 84.8 Å². The fraction of sp³-hybridized carbons (Fsp3) is 0.438. The minimum absolute atomic E-state index is 0.000554. The van der Waals surface area contributed by atoms with E-state index >= 15 is 0 Å². The molecule has 1 aliphatic carbocycles. The van der Waals surface area contributed by atoms with Gasteiger partial charge in [0.1, 0.15) is 29.3 Å². The second-order valence-corrected chi connectivity index (χ2v) is 11.2. The molecule has 2 unspecified atom stereocenters. The SMILES string of the molecule is C=C(C)C(=O)OC1CCC(Oc2ccc3cc(-c4ccc(CCCCC)cc4OC(F)(F)F)c(=O)oc3c2)C1(C)C. The molecule has 6 nitrogen and oxygen atoms in total. The monoisotopic (exact) mass is 572 g/mol. The highest BCUT2D eigenvalue weighted by atomic mass is 19.4. The van der Waals surface area contributed by atoms with Crippen LogP contribution >= 0.6 is 0 Å². The molecule has 0 radical (unpaired) electrons. The van der Waals surface area contributed by atoms with Gasteiger partial charge in [0.05, 0.1) is 5.56 Å². The molecule has 2 atom stereocenters. The Morgan fingerprint density at radius 3 is 2.46 bits per heavy atom. The third-order valence-corrected chi connectivity index (χ3v) is 7.57. The molecule has 0 bridgehead atoms. The van der Waals surface area contributed by atoms with Crippen LogP contribution in [0.25, 0.3) is 22.1 Å². The van der Waals surface area contributed by atoms with Crippen molar-refractivity contribution in [2.24, 2.45) is 5.41 Å². The highest BCUT2D eigenvalue weighted by Crippen LogP contribution is 2.43. The van der Waals surface area contributed by atoms with E-state index in [0.29, 0.717) is 41.5 Å². The van der Waals surface area contributed by atoms with Gasteiger partial charge in [-0.25, -0.2) is 9.59 Å². The van der Waals surface area contributed by atoms with E-state index in [9.17, 15) is 22.8 Å². The predicted molar refractivity (Wildman–Crippen MR) is 150 cm³/mol. The summed E-state index contributed by atoms with van der Waals surface area (Å²) in [6, 6.07) is 11.0. The standard InChI is InChI=1S/C32H35F3O6/c1-6-7-8-9-20-10-13-23(26(16-20)41-32(33,34)35)24-17-21-11-12-22(18-25(21)39-30(24)37)38-27-14-15-28(31(27,4)5)40-29(36)19(2)3/h10-13,16-18,27-28H,2,6-9,14-15H2,1,3-5H3. The van der Waals surface area contributed by atoms with Crippen molar-refractivity contribution in [3.05, 3.63) is 70.6 Å². The summed E-state index contributed by atoms with van der Waals surface area (Å²) in [4.78, 5) is 25.1. The molecule has 0 aliphatic heterocycles. The first-order valence-electron chi connectivity index (χ1n) is 13.8. The Bertz CT molecular complexity index is 1490. The number of carbonyl (C=O) groups is 1. The Labute approximate surface area is 237 Å². The summed E-state index contributed by atoms with van der Waals surface area (Å²) in [6.45, 7) is 11.2. The Balaban J connectivity index is 1.60. The number of esters is 1. The summed E-state index contributed by atoms with van der Waals surface area (Å²) in [6.07, 6.45) is -0.877. The lowest BCUT2D eigenvalue weighted by Gasteiger charge is -2.32. The van der Waals surface area contributed by atoms with Crippen molar-refractivity contribution < 1.29 is 36.6 Å². The number of carbonyl (C=O) groups excluding carboxylic acids is 1. The quantitative estimate of drug-likeness (QED) is 0.106. The van der Waals surface area contributed by atoms with Gasteiger partial charge in [-0.3, -0.25) is 0 Å². The fourth-order valence-corrected chi connectivity index (χ4v) is 5.16. The van der Waals surface area contributed by atoms with Crippen LogP contribution in [-0.2, 0) is 16.0 Å². The number of rotatable bonds is 10. The van der Waals surface area contributed by atoms with Crippen LogP contribution in [0.1, 0.15) is 65.4 Å². The van der Waals surface area contributed by atoms with Crippen LogP contribution in [0.3, 0.4) is 0 Å². The molecule has 220 valence electrons.